The van der Waals surface area contributed by atoms with E-state index in [4.69, 9.17) is 5.14 Å². The van der Waals surface area contributed by atoms with Gasteiger partial charge in [0.25, 0.3) is 0 Å². The highest BCUT2D eigenvalue weighted by Gasteiger charge is 2.07. The Labute approximate surface area is 121 Å². The van der Waals surface area contributed by atoms with Crippen LogP contribution in [-0.2, 0) is 23.1 Å². The van der Waals surface area contributed by atoms with E-state index in [0.29, 0.717) is 18.7 Å². The summed E-state index contributed by atoms with van der Waals surface area (Å²) in [5.41, 5.74) is 1.32. The molecule has 0 aliphatic carbocycles. The fourth-order valence-corrected chi connectivity index (χ4v) is 2.42. The summed E-state index contributed by atoms with van der Waals surface area (Å²) in [6.07, 6.45) is 0. The summed E-state index contributed by atoms with van der Waals surface area (Å²) in [6, 6.07) is 9.87. The van der Waals surface area contributed by atoms with Crippen LogP contribution in [0.15, 0.2) is 47.4 Å². The first-order valence-electron chi connectivity index (χ1n) is 6.12. The zero-order valence-corrected chi connectivity index (χ0v) is 11.8. The largest absolute Gasteiger partial charge is 0.309 e. The van der Waals surface area contributed by atoms with E-state index in [9.17, 15) is 17.2 Å². The van der Waals surface area contributed by atoms with Crippen molar-refractivity contribution in [3.63, 3.8) is 0 Å². The highest BCUT2D eigenvalue weighted by atomic mass is 32.2. The second-order valence-electron chi connectivity index (χ2n) is 4.54. The van der Waals surface area contributed by atoms with Crippen molar-refractivity contribution in [1.29, 1.82) is 0 Å². The molecular formula is C14H14F2N2O2S. The molecule has 0 spiro atoms. The molecule has 4 nitrogen and oxygen atoms in total. The van der Waals surface area contributed by atoms with Gasteiger partial charge < -0.3 is 5.32 Å². The first-order chi connectivity index (χ1) is 9.86. The molecule has 7 heteroatoms. The molecule has 2 aromatic carbocycles. The van der Waals surface area contributed by atoms with Gasteiger partial charge in [-0.05, 0) is 35.4 Å². The molecule has 0 heterocycles. The maximum Gasteiger partial charge on any atom is 0.238 e. The van der Waals surface area contributed by atoms with E-state index in [1.165, 1.54) is 18.2 Å². The molecule has 0 unspecified atom stereocenters. The van der Waals surface area contributed by atoms with Crippen LogP contribution in [0.2, 0.25) is 0 Å². The molecule has 112 valence electrons. The molecule has 0 amide bonds. The van der Waals surface area contributed by atoms with Gasteiger partial charge in [0.05, 0.1) is 4.90 Å². The molecule has 2 rings (SSSR count). The monoisotopic (exact) mass is 312 g/mol. The number of hydrogen-bond acceptors (Lipinski definition) is 3. The quantitative estimate of drug-likeness (QED) is 0.886. The van der Waals surface area contributed by atoms with Crippen molar-refractivity contribution in [3.05, 3.63) is 65.2 Å². The molecule has 0 aliphatic rings. The van der Waals surface area contributed by atoms with E-state index >= 15 is 0 Å². The SMILES string of the molecule is NS(=O)(=O)c1cccc(CNCc2ccc(F)c(F)c2)c1. The van der Waals surface area contributed by atoms with Gasteiger partial charge in [-0.2, -0.15) is 0 Å². The van der Waals surface area contributed by atoms with Crippen molar-refractivity contribution in [2.75, 3.05) is 0 Å². The first-order valence-corrected chi connectivity index (χ1v) is 7.67. The number of hydrogen-bond donors (Lipinski definition) is 2. The van der Waals surface area contributed by atoms with E-state index in [1.807, 2.05) is 0 Å². The molecule has 3 N–H and O–H groups in total. The summed E-state index contributed by atoms with van der Waals surface area (Å²) in [5.74, 6) is -1.79. The number of nitrogens with two attached hydrogens (primary N) is 1. The van der Waals surface area contributed by atoms with Gasteiger partial charge in [-0.25, -0.2) is 22.3 Å². The lowest BCUT2D eigenvalue weighted by atomic mass is 10.2. The topological polar surface area (TPSA) is 72.2 Å². The standard InChI is InChI=1S/C14H14F2N2O2S/c15-13-5-4-11(7-14(13)16)9-18-8-10-2-1-3-12(6-10)21(17,19)20/h1-7,18H,8-9H2,(H2,17,19,20). The lowest BCUT2D eigenvalue weighted by Crippen LogP contribution is -2.15. The van der Waals surface area contributed by atoms with Gasteiger partial charge in [-0.1, -0.05) is 18.2 Å². The van der Waals surface area contributed by atoms with Crippen LogP contribution in [-0.4, -0.2) is 8.42 Å². The maximum atomic E-state index is 13.0. The minimum Gasteiger partial charge on any atom is -0.309 e. The van der Waals surface area contributed by atoms with E-state index in [1.54, 1.807) is 12.1 Å². The molecule has 0 atom stereocenters. The second kappa shape index (κ2) is 6.30. The van der Waals surface area contributed by atoms with Crippen LogP contribution in [0.4, 0.5) is 8.78 Å². The van der Waals surface area contributed by atoms with Gasteiger partial charge in [0.2, 0.25) is 10.0 Å². The Bertz CT molecular complexity index is 748. The smallest absolute Gasteiger partial charge is 0.238 e. The fourth-order valence-electron chi connectivity index (χ4n) is 1.83. The molecule has 0 saturated carbocycles. The number of nitrogens with one attached hydrogen (secondary N) is 1. The third-order valence-corrected chi connectivity index (χ3v) is 3.78. The van der Waals surface area contributed by atoms with Crippen LogP contribution in [0.3, 0.4) is 0 Å². The van der Waals surface area contributed by atoms with Crippen molar-refractivity contribution in [3.8, 4) is 0 Å². The highest BCUT2D eigenvalue weighted by Crippen LogP contribution is 2.11. The maximum absolute atomic E-state index is 13.0. The third kappa shape index (κ3) is 4.32. The Hall–Kier alpha value is -1.83. The van der Waals surface area contributed by atoms with Gasteiger partial charge in [-0.15, -0.1) is 0 Å². The first kappa shape index (κ1) is 15.6. The number of sulfonamides is 1. The Kier molecular flexibility index (Phi) is 4.66. The van der Waals surface area contributed by atoms with Crippen molar-refractivity contribution in [2.45, 2.75) is 18.0 Å². The van der Waals surface area contributed by atoms with E-state index in [2.05, 4.69) is 5.32 Å². The van der Waals surface area contributed by atoms with Gasteiger partial charge in [0.15, 0.2) is 11.6 Å². The molecule has 0 bridgehead atoms. The number of primary sulfonamides is 1. The number of halogens is 2. The molecule has 0 aromatic heterocycles. The second-order valence-corrected chi connectivity index (χ2v) is 6.11. The zero-order valence-electron chi connectivity index (χ0n) is 11.0. The predicted octanol–water partition coefficient (Wildman–Crippen LogP) is 1.90. The van der Waals surface area contributed by atoms with Crippen LogP contribution in [0.25, 0.3) is 0 Å². The average Bonchev–Trinajstić information content (AvgIpc) is 2.42. The summed E-state index contributed by atoms with van der Waals surface area (Å²) in [5, 5.41) is 8.07. The van der Waals surface area contributed by atoms with Gasteiger partial charge in [0, 0.05) is 13.1 Å². The molecule has 21 heavy (non-hydrogen) atoms. The average molecular weight is 312 g/mol. The van der Waals surface area contributed by atoms with Crippen molar-refractivity contribution in [2.24, 2.45) is 5.14 Å². The summed E-state index contributed by atoms with van der Waals surface area (Å²) in [4.78, 5) is 0.0367. The molecule has 0 aliphatic heterocycles. The van der Waals surface area contributed by atoms with Crippen molar-refractivity contribution < 1.29 is 17.2 Å². The Morgan fingerprint density at radius 3 is 2.24 bits per heavy atom. The molecule has 2 aromatic rings. The lowest BCUT2D eigenvalue weighted by Gasteiger charge is -2.07. The minimum absolute atomic E-state index is 0.0367. The van der Waals surface area contributed by atoms with Crippen LogP contribution >= 0.6 is 0 Å². The minimum atomic E-state index is -3.73. The molecule has 0 fully saturated rings. The van der Waals surface area contributed by atoms with E-state index < -0.39 is 21.7 Å². The normalized spacial score (nSPS) is 11.6. The third-order valence-electron chi connectivity index (χ3n) is 2.87. The summed E-state index contributed by atoms with van der Waals surface area (Å²) in [7, 11) is -3.73. The molecular weight excluding hydrogens is 298 g/mol. The van der Waals surface area contributed by atoms with Gasteiger partial charge in [-0.3, -0.25) is 0 Å². The van der Waals surface area contributed by atoms with Crippen LogP contribution in [0, 0.1) is 11.6 Å². The zero-order chi connectivity index (χ0) is 15.5. The predicted molar refractivity (Wildman–Crippen MR) is 74.7 cm³/mol. The Morgan fingerprint density at radius 1 is 0.952 bits per heavy atom. The van der Waals surface area contributed by atoms with Gasteiger partial charge in [0.1, 0.15) is 0 Å². The number of benzene rings is 2. The summed E-state index contributed by atoms with van der Waals surface area (Å²) < 4.78 is 48.3. The van der Waals surface area contributed by atoms with Crippen molar-refractivity contribution in [1.82, 2.24) is 5.32 Å². The molecule has 0 radical (unpaired) electrons. The van der Waals surface area contributed by atoms with Crippen LogP contribution in [0.5, 0.6) is 0 Å². The molecule has 0 saturated heterocycles. The van der Waals surface area contributed by atoms with E-state index in [0.717, 1.165) is 17.7 Å². The van der Waals surface area contributed by atoms with Gasteiger partial charge >= 0.3 is 0 Å². The summed E-state index contributed by atoms with van der Waals surface area (Å²) >= 11 is 0. The number of rotatable bonds is 5. The van der Waals surface area contributed by atoms with Crippen LogP contribution < -0.4 is 10.5 Å². The lowest BCUT2D eigenvalue weighted by molar-refractivity contribution is 0.506. The van der Waals surface area contributed by atoms with Crippen LogP contribution in [0.1, 0.15) is 11.1 Å². The van der Waals surface area contributed by atoms with E-state index in [-0.39, 0.29) is 4.90 Å². The van der Waals surface area contributed by atoms with Crippen molar-refractivity contribution >= 4 is 10.0 Å². The highest BCUT2D eigenvalue weighted by molar-refractivity contribution is 7.89. The Balaban J connectivity index is 1.99. The fraction of sp³-hybridized carbons (Fsp3) is 0.143. The summed E-state index contributed by atoms with van der Waals surface area (Å²) in [6.45, 7) is 0.707. The Morgan fingerprint density at radius 2 is 1.62 bits per heavy atom.